The number of aryl methyl sites for hydroxylation is 1. The van der Waals surface area contributed by atoms with E-state index in [0.29, 0.717) is 16.9 Å². The molecule has 152 valence electrons. The molecule has 1 heterocycles. The first-order valence-electron chi connectivity index (χ1n) is 9.45. The minimum atomic E-state index is -0.719. The minimum absolute atomic E-state index is 0.0802. The van der Waals surface area contributed by atoms with Gasteiger partial charge in [0.05, 0.1) is 7.11 Å². The van der Waals surface area contributed by atoms with Crippen molar-refractivity contribution >= 4 is 17.8 Å². The lowest BCUT2D eigenvalue weighted by molar-refractivity contribution is -0.139. The fourth-order valence-electron chi connectivity index (χ4n) is 3.17. The van der Waals surface area contributed by atoms with E-state index in [1.165, 1.54) is 14.0 Å². The van der Waals surface area contributed by atoms with Gasteiger partial charge in [-0.05, 0) is 63.1 Å². The number of nitriles is 1. The van der Waals surface area contributed by atoms with Crippen LogP contribution in [0, 0.1) is 25.2 Å². The second-order valence-electron chi connectivity index (χ2n) is 6.81. The summed E-state index contributed by atoms with van der Waals surface area (Å²) in [5.41, 5.74) is 3.88. The Morgan fingerprint density at radius 3 is 2.55 bits per heavy atom. The van der Waals surface area contributed by atoms with Crippen LogP contribution in [0.25, 0.3) is 6.08 Å². The van der Waals surface area contributed by atoms with Gasteiger partial charge in [-0.3, -0.25) is 4.79 Å². The normalized spacial score (nSPS) is 11.1. The Bertz CT molecular complexity index is 993. The second kappa shape index (κ2) is 9.74. The number of Topliss-reactive ketones (excluding diaryl/α,β-unsaturated/α-hetero) is 1. The quantitative estimate of drug-likeness (QED) is 0.287. The molecule has 0 saturated carbocycles. The molecule has 0 aliphatic heterocycles. The maximum atomic E-state index is 12.5. The van der Waals surface area contributed by atoms with Crippen LogP contribution in [0.15, 0.2) is 29.8 Å². The number of benzene rings is 1. The van der Waals surface area contributed by atoms with Gasteiger partial charge in [-0.1, -0.05) is 6.92 Å². The summed E-state index contributed by atoms with van der Waals surface area (Å²) in [7, 11) is 1.50. The number of carbonyl (C=O) groups excluding carboxylic acids is 2. The Labute approximate surface area is 171 Å². The maximum Gasteiger partial charge on any atom is 0.349 e. The number of aromatic nitrogens is 1. The van der Waals surface area contributed by atoms with Gasteiger partial charge in [0.25, 0.3) is 0 Å². The molecule has 0 saturated heterocycles. The number of methoxy groups -OCH3 is 1. The van der Waals surface area contributed by atoms with Crippen molar-refractivity contribution in [3.8, 4) is 11.8 Å². The van der Waals surface area contributed by atoms with Crippen LogP contribution in [0.2, 0.25) is 0 Å². The van der Waals surface area contributed by atoms with Crippen LogP contribution < -0.4 is 4.74 Å². The highest BCUT2D eigenvalue weighted by Crippen LogP contribution is 2.23. The molecule has 1 aromatic carbocycles. The number of nitrogens with zero attached hydrogens (tertiary/aromatic N) is 2. The van der Waals surface area contributed by atoms with Crippen LogP contribution in [0.3, 0.4) is 0 Å². The van der Waals surface area contributed by atoms with Crippen molar-refractivity contribution in [1.82, 2.24) is 4.57 Å². The molecule has 1 aromatic heterocycles. The molecule has 0 unspecified atom stereocenters. The molecular weight excluding hydrogens is 368 g/mol. The number of ketones is 1. The smallest absolute Gasteiger partial charge is 0.349 e. The summed E-state index contributed by atoms with van der Waals surface area (Å²) in [5.74, 6) is -0.309. The zero-order valence-corrected chi connectivity index (χ0v) is 17.5. The van der Waals surface area contributed by atoms with E-state index in [1.807, 2.05) is 26.0 Å². The largest absolute Gasteiger partial charge is 0.496 e. The molecule has 0 amide bonds. The van der Waals surface area contributed by atoms with Crippen molar-refractivity contribution in [3.63, 3.8) is 0 Å². The van der Waals surface area contributed by atoms with Crippen molar-refractivity contribution in [2.24, 2.45) is 0 Å². The summed E-state index contributed by atoms with van der Waals surface area (Å²) >= 11 is 0. The van der Waals surface area contributed by atoms with Crippen LogP contribution in [-0.2, 0) is 22.7 Å². The van der Waals surface area contributed by atoms with Gasteiger partial charge in [0.1, 0.15) is 24.0 Å². The Balaban J connectivity index is 2.23. The van der Waals surface area contributed by atoms with E-state index in [0.717, 1.165) is 29.9 Å². The van der Waals surface area contributed by atoms with Gasteiger partial charge in [-0.2, -0.15) is 5.26 Å². The monoisotopic (exact) mass is 394 g/mol. The van der Waals surface area contributed by atoms with Crippen LogP contribution in [0.4, 0.5) is 0 Å². The molecule has 0 atom stereocenters. The Morgan fingerprint density at radius 2 is 1.97 bits per heavy atom. The summed E-state index contributed by atoms with van der Waals surface area (Å²) in [6.45, 7) is 8.30. The highest BCUT2D eigenvalue weighted by Gasteiger charge is 2.16. The maximum absolute atomic E-state index is 12.5. The Hall–Kier alpha value is -3.33. The lowest BCUT2D eigenvalue weighted by Gasteiger charge is -2.10. The van der Waals surface area contributed by atoms with E-state index in [1.54, 1.807) is 24.3 Å². The van der Waals surface area contributed by atoms with Crippen molar-refractivity contribution < 1.29 is 19.1 Å². The van der Waals surface area contributed by atoms with Crippen molar-refractivity contribution in [1.29, 1.82) is 5.26 Å². The molecule has 0 N–H and O–H groups in total. The van der Waals surface area contributed by atoms with E-state index in [-0.39, 0.29) is 18.0 Å². The molecule has 0 radical (unpaired) electrons. The number of carbonyl (C=O) groups is 2. The van der Waals surface area contributed by atoms with E-state index in [9.17, 15) is 14.9 Å². The van der Waals surface area contributed by atoms with E-state index < -0.39 is 5.97 Å². The summed E-state index contributed by atoms with van der Waals surface area (Å²) in [5, 5.41) is 9.45. The Kier molecular flexibility index (Phi) is 7.38. The second-order valence-corrected chi connectivity index (χ2v) is 6.81. The van der Waals surface area contributed by atoms with Crippen molar-refractivity contribution in [2.75, 3.05) is 7.11 Å². The van der Waals surface area contributed by atoms with E-state index in [2.05, 4.69) is 11.5 Å². The Morgan fingerprint density at radius 1 is 1.24 bits per heavy atom. The molecule has 2 aromatic rings. The minimum Gasteiger partial charge on any atom is -0.496 e. The molecule has 6 heteroatoms. The molecule has 0 fully saturated rings. The number of ether oxygens (including phenoxy) is 2. The summed E-state index contributed by atoms with van der Waals surface area (Å²) in [4.78, 5) is 24.1. The molecule has 0 bridgehead atoms. The molecule has 2 rings (SSSR count). The fourth-order valence-corrected chi connectivity index (χ4v) is 3.17. The number of hydrogen-bond acceptors (Lipinski definition) is 5. The first-order chi connectivity index (χ1) is 13.8. The molecule has 0 aliphatic rings. The van der Waals surface area contributed by atoms with Gasteiger partial charge in [-0.25, -0.2) is 4.79 Å². The van der Waals surface area contributed by atoms with Crippen LogP contribution in [0.1, 0.15) is 53.1 Å². The number of esters is 1. The van der Waals surface area contributed by atoms with Crippen LogP contribution in [-0.4, -0.2) is 23.4 Å². The number of rotatable bonds is 8. The predicted octanol–water partition coefficient (Wildman–Crippen LogP) is 4.38. The lowest BCUT2D eigenvalue weighted by Crippen LogP contribution is -2.08. The summed E-state index contributed by atoms with van der Waals surface area (Å²) in [6.07, 6.45) is 2.55. The molecule has 6 nitrogen and oxygen atoms in total. The third-order valence-electron chi connectivity index (χ3n) is 4.75. The van der Waals surface area contributed by atoms with E-state index in [4.69, 9.17) is 9.47 Å². The average molecular weight is 394 g/mol. The van der Waals surface area contributed by atoms with Crippen LogP contribution in [0.5, 0.6) is 5.75 Å². The molecular formula is C23H26N2O4. The van der Waals surface area contributed by atoms with Crippen molar-refractivity contribution in [2.45, 2.75) is 47.3 Å². The first-order valence-corrected chi connectivity index (χ1v) is 9.45. The average Bonchev–Trinajstić information content (AvgIpc) is 2.97. The highest BCUT2D eigenvalue weighted by atomic mass is 16.5. The third-order valence-corrected chi connectivity index (χ3v) is 4.75. The zero-order chi connectivity index (χ0) is 21.6. The fraction of sp³-hybridized carbons (Fsp3) is 0.348. The van der Waals surface area contributed by atoms with Gasteiger partial charge in [-0.15, -0.1) is 0 Å². The standard InChI is InChI=1S/C23H26N2O4/c1-6-9-25-15(2)10-19(16(25)3)12-20(13-24)23(27)29-14-21-11-18(17(4)26)7-8-22(21)28-5/h7-8,10-12H,6,9,14H2,1-5H3. The SMILES string of the molecule is CCCn1c(C)cc(C=C(C#N)C(=O)OCc2cc(C(C)=O)ccc2OC)c1C. The molecule has 29 heavy (non-hydrogen) atoms. The highest BCUT2D eigenvalue weighted by molar-refractivity contribution is 5.98. The topological polar surface area (TPSA) is 81.3 Å². The van der Waals surface area contributed by atoms with Gasteiger partial charge < -0.3 is 14.0 Å². The molecule has 0 spiro atoms. The van der Waals surface area contributed by atoms with Gasteiger partial charge >= 0.3 is 5.97 Å². The van der Waals surface area contributed by atoms with Crippen LogP contribution >= 0.6 is 0 Å². The zero-order valence-electron chi connectivity index (χ0n) is 17.5. The lowest BCUT2D eigenvalue weighted by atomic mass is 10.1. The summed E-state index contributed by atoms with van der Waals surface area (Å²) < 4.78 is 12.7. The first kappa shape index (κ1) is 22.0. The van der Waals surface area contributed by atoms with Gasteiger partial charge in [0.15, 0.2) is 5.78 Å². The predicted molar refractivity (Wildman–Crippen MR) is 111 cm³/mol. The third kappa shape index (κ3) is 5.14. The molecule has 0 aliphatic carbocycles. The van der Waals surface area contributed by atoms with E-state index >= 15 is 0 Å². The van der Waals surface area contributed by atoms with Gasteiger partial charge in [0, 0.05) is 29.1 Å². The van der Waals surface area contributed by atoms with Crippen molar-refractivity contribution in [3.05, 3.63) is 57.9 Å². The number of hydrogen-bond donors (Lipinski definition) is 0. The summed E-state index contributed by atoms with van der Waals surface area (Å²) in [6, 6.07) is 8.81. The van der Waals surface area contributed by atoms with Gasteiger partial charge in [0.2, 0.25) is 0 Å².